The lowest BCUT2D eigenvalue weighted by Crippen LogP contribution is -2.55. The summed E-state index contributed by atoms with van der Waals surface area (Å²) in [5.41, 5.74) is 20.9. The maximum absolute atomic E-state index is 6.42. The monoisotopic (exact) mass is 847 g/mol. The van der Waals surface area contributed by atoms with E-state index in [1.54, 1.807) is 11.1 Å². The molecule has 0 atom stereocenters. The Balaban J connectivity index is 0.989. The van der Waals surface area contributed by atoms with Crippen LogP contribution in [0.5, 0.6) is 0 Å². The summed E-state index contributed by atoms with van der Waals surface area (Å²) < 4.78 is 6.42. The summed E-state index contributed by atoms with van der Waals surface area (Å²) in [4.78, 5) is 2.54. The van der Waals surface area contributed by atoms with Crippen molar-refractivity contribution in [3.63, 3.8) is 0 Å². The van der Waals surface area contributed by atoms with E-state index in [1.807, 2.05) is 0 Å². The Hall–Kier alpha value is -7.42. The standard InChI is InChI=1S/C64H49NO/c1-2-16-43(17-3-1)49-20-4-5-21-51(49)52-22-6-7-23-53(52)55-25-9-12-29-60(55)65(47-19-14-18-44(39-47)50-27-15-31-62-63(50)56-26-10-13-30-61(56)66-62)48-32-33-59-57(40-48)54-24-8-11-28-58(54)64(59)45-35-41-34-42(37-45)38-46(64)36-41/h1-33,39-42,45-46H,34-38H2. The second-order valence-corrected chi connectivity index (χ2v) is 19.6. The Morgan fingerprint density at radius 1 is 0.364 bits per heavy atom. The van der Waals surface area contributed by atoms with Gasteiger partial charge in [0, 0.05) is 33.1 Å². The van der Waals surface area contributed by atoms with Gasteiger partial charge in [0.05, 0.1) is 5.69 Å². The molecular formula is C64H49NO. The van der Waals surface area contributed by atoms with Gasteiger partial charge in [0.1, 0.15) is 11.2 Å². The number of fused-ring (bicyclic) bond motifs is 6. The second-order valence-electron chi connectivity index (χ2n) is 19.6. The van der Waals surface area contributed by atoms with E-state index in [2.05, 4.69) is 217 Å². The number of hydrogen-bond donors (Lipinski definition) is 0. The van der Waals surface area contributed by atoms with Crippen LogP contribution in [0.15, 0.2) is 217 Å². The van der Waals surface area contributed by atoms with E-state index >= 15 is 0 Å². The normalized spacial score (nSPS) is 21.1. The Morgan fingerprint density at radius 2 is 0.909 bits per heavy atom. The minimum atomic E-state index is 0.109. The van der Waals surface area contributed by atoms with Gasteiger partial charge in [0.25, 0.3) is 0 Å². The molecule has 2 nitrogen and oxygen atoms in total. The van der Waals surface area contributed by atoms with Gasteiger partial charge in [-0.05, 0) is 159 Å². The van der Waals surface area contributed by atoms with Crippen LogP contribution >= 0.6 is 0 Å². The molecule has 1 heterocycles. The molecule has 1 aromatic heterocycles. The average molecular weight is 848 g/mol. The number of anilines is 3. The van der Waals surface area contributed by atoms with Crippen molar-refractivity contribution in [2.24, 2.45) is 23.7 Å². The van der Waals surface area contributed by atoms with Crippen molar-refractivity contribution in [3.05, 3.63) is 223 Å². The van der Waals surface area contributed by atoms with Crippen molar-refractivity contribution in [2.75, 3.05) is 4.90 Å². The molecule has 5 aliphatic carbocycles. The molecule has 4 bridgehead atoms. The van der Waals surface area contributed by atoms with Gasteiger partial charge in [0.15, 0.2) is 0 Å². The molecule has 0 saturated heterocycles. The molecule has 2 heteroatoms. The predicted molar refractivity (Wildman–Crippen MR) is 273 cm³/mol. The zero-order chi connectivity index (χ0) is 43.3. The average Bonchev–Trinajstić information content (AvgIpc) is 3.90. The molecule has 316 valence electrons. The quantitative estimate of drug-likeness (QED) is 0.159. The molecule has 10 aromatic rings. The highest BCUT2D eigenvalue weighted by Crippen LogP contribution is 2.69. The first kappa shape index (κ1) is 37.9. The zero-order valence-corrected chi connectivity index (χ0v) is 36.9. The highest BCUT2D eigenvalue weighted by molar-refractivity contribution is 6.12. The molecule has 0 aliphatic heterocycles. The molecule has 0 radical (unpaired) electrons. The molecule has 0 amide bonds. The third kappa shape index (κ3) is 5.61. The number of nitrogens with zero attached hydrogens (tertiary/aromatic N) is 1. The molecular weight excluding hydrogens is 799 g/mol. The minimum absolute atomic E-state index is 0.109. The third-order valence-electron chi connectivity index (χ3n) is 16.3. The Labute approximate surface area is 386 Å². The lowest BCUT2D eigenvalue weighted by molar-refractivity contribution is -0.0399. The number of hydrogen-bond acceptors (Lipinski definition) is 2. The summed E-state index contributed by atoms with van der Waals surface area (Å²) in [5, 5.41) is 2.29. The smallest absolute Gasteiger partial charge is 0.136 e. The minimum Gasteiger partial charge on any atom is -0.456 e. The fraction of sp³-hybridized carbons (Fsp3) is 0.156. The Morgan fingerprint density at radius 3 is 1.70 bits per heavy atom. The topological polar surface area (TPSA) is 16.4 Å². The van der Waals surface area contributed by atoms with E-state index in [1.165, 1.54) is 87.9 Å². The SMILES string of the molecule is c1ccc(-c2ccccc2-c2ccccc2-c2ccccc2N(c2cccc(-c3cccc4oc5ccccc5c34)c2)c2ccc3c(c2)-c2ccccc2C32C3CC4CC(C3)CC2C4)cc1. The molecule has 66 heavy (non-hydrogen) atoms. The van der Waals surface area contributed by atoms with Gasteiger partial charge in [-0.2, -0.15) is 0 Å². The molecule has 9 aromatic carbocycles. The molecule has 15 rings (SSSR count). The molecule has 0 unspecified atom stereocenters. The largest absolute Gasteiger partial charge is 0.456 e. The molecule has 4 saturated carbocycles. The van der Waals surface area contributed by atoms with Crippen LogP contribution in [-0.2, 0) is 5.41 Å². The summed E-state index contributed by atoms with van der Waals surface area (Å²) in [7, 11) is 0. The van der Waals surface area contributed by atoms with Crippen molar-refractivity contribution >= 4 is 39.0 Å². The lowest BCUT2D eigenvalue weighted by Gasteiger charge is -2.61. The number of furan rings is 1. The van der Waals surface area contributed by atoms with Crippen LogP contribution in [-0.4, -0.2) is 0 Å². The molecule has 4 fully saturated rings. The summed E-state index contributed by atoms with van der Waals surface area (Å²) in [6, 6.07) is 78.9. The van der Waals surface area contributed by atoms with Crippen LogP contribution in [0.1, 0.15) is 43.2 Å². The first-order valence-corrected chi connectivity index (χ1v) is 24.1. The van der Waals surface area contributed by atoms with Crippen molar-refractivity contribution in [1.29, 1.82) is 0 Å². The van der Waals surface area contributed by atoms with Gasteiger partial charge in [-0.15, -0.1) is 0 Å². The van der Waals surface area contributed by atoms with Crippen LogP contribution in [0.3, 0.4) is 0 Å². The predicted octanol–water partition coefficient (Wildman–Crippen LogP) is 17.4. The molecule has 1 spiro atoms. The van der Waals surface area contributed by atoms with Gasteiger partial charge >= 0.3 is 0 Å². The number of rotatable bonds is 7. The van der Waals surface area contributed by atoms with E-state index in [4.69, 9.17) is 4.42 Å². The van der Waals surface area contributed by atoms with Gasteiger partial charge in [-0.25, -0.2) is 0 Å². The maximum Gasteiger partial charge on any atom is 0.136 e. The van der Waals surface area contributed by atoms with Crippen molar-refractivity contribution in [1.82, 2.24) is 0 Å². The summed E-state index contributed by atoms with van der Waals surface area (Å²) in [5.74, 6) is 3.24. The Bertz CT molecular complexity index is 3490. The first-order valence-electron chi connectivity index (χ1n) is 24.1. The van der Waals surface area contributed by atoms with Crippen molar-refractivity contribution < 1.29 is 4.42 Å². The van der Waals surface area contributed by atoms with Gasteiger partial charge in [0.2, 0.25) is 0 Å². The third-order valence-corrected chi connectivity index (χ3v) is 16.3. The molecule has 5 aliphatic rings. The lowest BCUT2D eigenvalue weighted by atomic mass is 9.43. The van der Waals surface area contributed by atoms with E-state index in [0.717, 1.165) is 50.7 Å². The van der Waals surface area contributed by atoms with Crippen LogP contribution in [0.2, 0.25) is 0 Å². The summed E-state index contributed by atoms with van der Waals surface area (Å²) >= 11 is 0. The van der Waals surface area contributed by atoms with Crippen LogP contribution in [0.25, 0.3) is 77.6 Å². The zero-order valence-electron chi connectivity index (χ0n) is 36.9. The van der Waals surface area contributed by atoms with Crippen molar-refractivity contribution in [2.45, 2.75) is 37.5 Å². The van der Waals surface area contributed by atoms with Crippen LogP contribution in [0.4, 0.5) is 17.1 Å². The fourth-order valence-electron chi connectivity index (χ4n) is 14.0. The second kappa shape index (κ2) is 14.8. The van der Waals surface area contributed by atoms with Gasteiger partial charge in [-0.1, -0.05) is 170 Å². The van der Waals surface area contributed by atoms with E-state index in [0.29, 0.717) is 11.8 Å². The Kier molecular flexibility index (Phi) is 8.50. The van der Waals surface area contributed by atoms with E-state index < -0.39 is 0 Å². The highest BCUT2D eigenvalue weighted by atomic mass is 16.3. The summed E-state index contributed by atoms with van der Waals surface area (Å²) in [6.07, 6.45) is 6.96. The maximum atomic E-state index is 6.42. The number of benzene rings is 9. The molecule has 0 N–H and O–H groups in total. The first-order chi connectivity index (χ1) is 32.7. The van der Waals surface area contributed by atoms with E-state index in [-0.39, 0.29) is 5.41 Å². The van der Waals surface area contributed by atoms with Gasteiger partial charge in [-0.3, -0.25) is 0 Å². The number of para-hydroxylation sites is 2. The van der Waals surface area contributed by atoms with Gasteiger partial charge < -0.3 is 9.32 Å². The van der Waals surface area contributed by atoms with E-state index in [9.17, 15) is 0 Å². The van der Waals surface area contributed by atoms with Crippen LogP contribution < -0.4 is 4.90 Å². The summed E-state index contributed by atoms with van der Waals surface area (Å²) in [6.45, 7) is 0. The van der Waals surface area contributed by atoms with Crippen molar-refractivity contribution in [3.8, 4) is 55.6 Å². The fourth-order valence-corrected chi connectivity index (χ4v) is 14.0. The van der Waals surface area contributed by atoms with Crippen LogP contribution in [0, 0.1) is 23.7 Å². The highest BCUT2D eigenvalue weighted by Gasteiger charge is 2.61.